The van der Waals surface area contributed by atoms with Crippen LogP contribution in [-0.2, 0) is 0 Å². The molecule has 0 radical (unpaired) electrons. The first-order chi connectivity index (χ1) is 22.8. The molecule has 0 saturated heterocycles. The summed E-state index contributed by atoms with van der Waals surface area (Å²) in [6, 6.07) is 66.5. The van der Waals surface area contributed by atoms with Gasteiger partial charge >= 0.3 is 0 Å². The van der Waals surface area contributed by atoms with Crippen LogP contribution in [0.1, 0.15) is 0 Å². The molecule has 9 aromatic rings. The monoisotopic (exact) mass is 582 g/mol. The molecule has 214 valence electrons. The summed E-state index contributed by atoms with van der Waals surface area (Å²) < 4.78 is 0. The standard InChI is InChI=1S/C46H30/c1-3-14-32(15-4-1)37-27-28-38(33-16-5-2-6-17-33)44-30-36(25-26-39(37)44)46-42-21-11-9-19-40(42)45(41-20-10-12-22-43(41)46)35-24-23-31-13-7-8-18-34(31)29-35/h1-30H. The van der Waals surface area contributed by atoms with E-state index in [0.717, 1.165) is 0 Å². The van der Waals surface area contributed by atoms with Crippen molar-refractivity contribution < 1.29 is 0 Å². The molecule has 0 aromatic heterocycles. The van der Waals surface area contributed by atoms with E-state index in [-0.39, 0.29) is 0 Å². The Kier molecular flexibility index (Phi) is 6.25. The Morgan fingerprint density at radius 3 is 1.22 bits per heavy atom. The fraction of sp³-hybridized carbons (Fsp3) is 0. The lowest BCUT2D eigenvalue weighted by atomic mass is 9.84. The summed E-state index contributed by atoms with van der Waals surface area (Å²) in [7, 11) is 0. The third-order valence-corrected chi connectivity index (χ3v) is 9.44. The van der Waals surface area contributed by atoms with Crippen molar-refractivity contribution in [1.82, 2.24) is 0 Å². The molecule has 9 aromatic carbocycles. The van der Waals surface area contributed by atoms with Crippen molar-refractivity contribution in [3.63, 3.8) is 0 Å². The van der Waals surface area contributed by atoms with Gasteiger partial charge in [-0.25, -0.2) is 0 Å². The van der Waals surface area contributed by atoms with Gasteiger partial charge in [0.1, 0.15) is 0 Å². The first-order valence-corrected chi connectivity index (χ1v) is 15.9. The smallest absolute Gasteiger partial charge is 0.00261 e. The van der Waals surface area contributed by atoms with Crippen LogP contribution < -0.4 is 0 Å². The number of fused-ring (bicyclic) bond motifs is 4. The molecule has 0 amide bonds. The van der Waals surface area contributed by atoms with Gasteiger partial charge in [0.05, 0.1) is 0 Å². The van der Waals surface area contributed by atoms with Crippen LogP contribution in [-0.4, -0.2) is 0 Å². The molecule has 0 unspecified atom stereocenters. The Balaban J connectivity index is 1.35. The van der Waals surface area contributed by atoms with E-state index < -0.39 is 0 Å². The summed E-state index contributed by atoms with van der Waals surface area (Å²) in [6.45, 7) is 0. The highest BCUT2D eigenvalue weighted by atomic mass is 14.2. The van der Waals surface area contributed by atoms with E-state index >= 15 is 0 Å². The van der Waals surface area contributed by atoms with Crippen molar-refractivity contribution in [2.24, 2.45) is 0 Å². The normalized spacial score (nSPS) is 11.5. The van der Waals surface area contributed by atoms with E-state index in [0.29, 0.717) is 0 Å². The van der Waals surface area contributed by atoms with E-state index in [4.69, 9.17) is 0 Å². The first-order valence-electron chi connectivity index (χ1n) is 15.9. The minimum absolute atomic E-state index is 1.23. The Bertz CT molecular complexity index is 2500. The molecule has 0 aliphatic heterocycles. The second-order valence-corrected chi connectivity index (χ2v) is 12.1. The fourth-order valence-electron chi connectivity index (χ4n) is 7.34. The molecule has 0 fully saturated rings. The van der Waals surface area contributed by atoms with E-state index in [1.165, 1.54) is 87.6 Å². The minimum Gasteiger partial charge on any atom is -0.0622 e. The van der Waals surface area contributed by atoms with Crippen LogP contribution in [0.4, 0.5) is 0 Å². The maximum Gasteiger partial charge on any atom is -0.00261 e. The van der Waals surface area contributed by atoms with Crippen LogP contribution in [0.3, 0.4) is 0 Å². The summed E-state index contributed by atoms with van der Waals surface area (Å²) in [5, 5.41) is 10.1. The fourth-order valence-corrected chi connectivity index (χ4v) is 7.34. The number of hydrogen-bond donors (Lipinski definition) is 0. The van der Waals surface area contributed by atoms with E-state index in [2.05, 4.69) is 182 Å². The third-order valence-electron chi connectivity index (χ3n) is 9.44. The number of benzene rings is 9. The average molecular weight is 583 g/mol. The first kappa shape index (κ1) is 26.4. The molecule has 0 aliphatic rings. The minimum atomic E-state index is 1.23. The Hall–Kier alpha value is -5.98. The average Bonchev–Trinajstić information content (AvgIpc) is 3.13. The van der Waals surface area contributed by atoms with Crippen LogP contribution in [0, 0.1) is 0 Å². The zero-order chi connectivity index (χ0) is 30.5. The lowest BCUT2D eigenvalue weighted by Gasteiger charge is -2.19. The predicted molar refractivity (Wildman–Crippen MR) is 198 cm³/mol. The molecule has 0 bridgehead atoms. The third kappa shape index (κ3) is 4.30. The predicted octanol–water partition coefficient (Wildman–Crippen LogP) is 13.0. The van der Waals surface area contributed by atoms with Crippen LogP contribution in [0.2, 0.25) is 0 Å². The van der Waals surface area contributed by atoms with Gasteiger partial charge in [-0.1, -0.05) is 170 Å². The zero-order valence-electron chi connectivity index (χ0n) is 25.3. The molecule has 0 N–H and O–H groups in total. The van der Waals surface area contributed by atoms with Gasteiger partial charge < -0.3 is 0 Å². The highest BCUT2D eigenvalue weighted by Crippen LogP contribution is 2.46. The second kappa shape index (κ2) is 10.9. The van der Waals surface area contributed by atoms with Gasteiger partial charge in [0, 0.05) is 0 Å². The maximum atomic E-state index is 2.42. The largest absolute Gasteiger partial charge is 0.0622 e. The topological polar surface area (TPSA) is 0 Å². The van der Waals surface area contributed by atoms with Crippen molar-refractivity contribution in [2.75, 3.05) is 0 Å². The molecule has 9 rings (SSSR count). The summed E-state index contributed by atoms with van der Waals surface area (Å²) in [4.78, 5) is 0. The van der Waals surface area contributed by atoms with Gasteiger partial charge in [-0.3, -0.25) is 0 Å². The molecular weight excluding hydrogens is 553 g/mol. The van der Waals surface area contributed by atoms with Crippen molar-refractivity contribution in [3.8, 4) is 44.5 Å². The quantitative estimate of drug-likeness (QED) is 0.181. The van der Waals surface area contributed by atoms with Gasteiger partial charge in [0.2, 0.25) is 0 Å². The van der Waals surface area contributed by atoms with Crippen LogP contribution >= 0.6 is 0 Å². The van der Waals surface area contributed by atoms with Crippen molar-refractivity contribution in [3.05, 3.63) is 182 Å². The molecular formula is C46H30. The summed E-state index contributed by atoms with van der Waals surface area (Å²) in [6.07, 6.45) is 0. The number of rotatable bonds is 4. The van der Waals surface area contributed by atoms with E-state index in [9.17, 15) is 0 Å². The van der Waals surface area contributed by atoms with Gasteiger partial charge in [-0.05, 0) is 99.7 Å². The summed E-state index contributed by atoms with van der Waals surface area (Å²) >= 11 is 0. The molecule has 0 aliphatic carbocycles. The number of hydrogen-bond acceptors (Lipinski definition) is 0. The van der Waals surface area contributed by atoms with Gasteiger partial charge in [-0.2, -0.15) is 0 Å². The molecule has 46 heavy (non-hydrogen) atoms. The molecule has 0 nitrogen and oxygen atoms in total. The van der Waals surface area contributed by atoms with Crippen molar-refractivity contribution in [2.45, 2.75) is 0 Å². The highest BCUT2D eigenvalue weighted by Gasteiger charge is 2.18. The maximum absolute atomic E-state index is 2.42. The lowest BCUT2D eigenvalue weighted by molar-refractivity contribution is 1.62. The van der Waals surface area contributed by atoms with Gasteiger partial charge in [0.15, 0.2) is 0 Å². The molecule has 0 heteroatoms. The Morgan fingerprint density at radius 2 is 0.652 bits per heavy atom. The van der Waals surface area contributed by atoms with E-state index in [1.54, 1.807) is 0 Å². The molecule has 0 spiro atoms. The van der Waals surface area contributed by atoms with Crippen LogP contribution in [0.5, 0.6) is 0 Å². The van der Waals surface area contributed by atoms with E-state index in [1.807, 2.05) is 0 Å². The Labute approximate surface area is 268 Å². The van der Waals surface area contributed by atoms with Gasteiger partial charge in [0.25, 0.3) is 0 Å². The summed E-state index contributed by atoms with van der Waals surface area (Å²) in [5.74, 6) is 0. The van der Waals surface area contributed by atoms with Crippen molar-refractivity contribution >= 4 is 43.1 Å². The van der Waals surface area contributed by atoms with Crippen molar-refractivity contribution in [1.29, 1.82) is 0 Å². The molecule has 0 atom stereocenters. The highest BCUT2D eigenvalue weighted by molar-refractivity contribution is 6.22. The summed E-state index contributed by atoms with van der Waals surface area (Å²) in [5.41, 5.74) is 10.0. The van der Waals surface area contributed by atoms with Crippen LogP contribution in [0.15, 0.2) is 182 Å². The Morgan fingerprint density at radius 1 is 0.217 bits per heavy atom. The molecule has 0 saturated carbocycles. The zero-order valence-corrected chi connectivity index (χ0v) is 25.3. The SMILES string of the molecule is c1ccc(-c2ccc(-c3ccccc3)c3cc(-c4c5ccccc5c(-c5ccc6ccccc6c5)c5ccccc45)ccc23)cc1. The lowest BCUT2D eigenvalue weighted by Crippen LogP contribution is -1.92. The van der Waals surface area contributed by atoms with Crippen LogP contribution in [0.25, 0.3) is 87.6 Å². The molecule has 0 heterocycles. The second-order valence-electron chi connectivity index (χ2n) is 12.1. The van der Waals surface area contributed by atoms with Gasteiger partial charge in [-0.15, -0.1) is 0 Å².